The van der Waals surface area contributed by atoms with Gasteiger partial charge in [0.15, 0.2) is 4.96 Å². The Bertz CT molecular complexity index is 1150. The summed E-state index contributed by atoms with van der Waals surface area (Å²) in [6.45, 7) is 3.59. The molecule has 0 spiro atoms. The van der Waals surface area contributed by atoms with Gasteiger partial charge in [0.05, 0.1) is 12.2 Å². The Hall–Kier alpha value is -2.71. The number of carbonyl (C=O) groups is 2. The van der Waals surface area contributed by atoms with Crippen molar-refractivity contribution in [2.75, 3.05) is 0 Å². The Morgan fingerprint density at radius 1 is 1.21 bits per heavy atom. The lowest BCUT2D eigenvalue weighted by Crippen LogP contribution is -2.43. The van der Waals surface area contributed by atoms with E-state index in [9.17, 15) is 14.4 Å². The topological polar surface area (TPSA) is 83.8 Å². The summed E-state index contributed by atoms with van der Waals surface area (Å²) < 4.78 is 1.50. The quantitative estimate of drug-likeness (QED) is 0.662. The highest BCUT2D eigenvalue weighted by molar-refractivity contribution is 7.15. The number of rotatable bonds is 4. The van der Waals surface area contributed by atoms with Crippen molar-refractivity contribution in [1.82, 2.24) is 19.6 Å². The second kappa shape index (κ2) is 6.72. The fourth-order valence-corrected chi connectivity index (χ4v) is 4.50. The Morgan fingerprint density at radius 3 is 2.61 bits per heavy atom. The molecule has 28 heavy (non-hydrogen) atoms. The van der Waals surface area contributed by atoms with Crippen molar-refractivity contribution in [2.24, 2.45) is 0 Å². The molecule has 9 heteroatoms. The monoisotopic (exact) mass is 416 g/mol. The Kier molecular flexibility index (Phi) is 4.47. The van der Waals surface area contributed by atoms with Crippen LogP contribution in [0, 0.1) is 6.92 Å². The van der Waals surface area contributed by atoms with E-state index in [-0.39, 0.29) is 18.0 Å². The van der Waals surface area contributed by atoms with E-state index in [4.69, 9.17) is 11.6 Å². The number of hydrogen-bond donors (Lipinski definition) is 1. The van der Waals surface area contributed by atoms with Crippen molar-refractivity contribution in [3.8, 4) is 0 Å². The minimum Gasteiger partial charge on any atom is -0.319 e. The van der Waals surface area contributed by atoms with Crippen LogP contribution < -0.4 is 10.9 Å². The summed E-state index contributed by atoms with van der Waals surface area (Å²) in [7, 11) is 0. The van der Waals surface area contributed by atoms with Gasteiger partial charge >= 0.3 is 6.03 Å². The molecule has 0 bridgehead atoms. The molecule has 1 atom stereocenters. The second-order valence-corrected chi connectivity index (χ2v) is 7.94. The first-order valence-electron chi connectivity index (χ1n) is 8.72. The number of benzene rings is 1. The molecule has 1 saturated heterocycles. The molecule has 1 unspecified atom stereocenters. The number of urea groups is 1. The number of carbonyl (C=O) groups excluding carboxylic acids is 2. The Labute approximate surface area is 169 Å². The Balaban J connectivity index is 1.69. The number of nitrogens with one attached hydrogen (secondary N) is 1. The van der Waals surface area contributed by atoms with Crippen molar-refractivity contribution in [1.29, 1.82) is 0 Å². The molecule has 1 aliphatic heterocycles. The maximum atomic E-state index is 13.2. The number of imide groups is 1. The van der Waals surface area contributed by atoms with Crippen molar-refractivity contribution >= 4 is 39.8 Å². The fourth-order valence-electron chi connectivity index (χ4n) is 3.49. The van der Waals surface area contributed by atoms with Gasteiger partial charge in [-0.15, -0.1) is 11.3 Å². The van der Waals surface area contributed by atoms with Gasteiger partial charge in [0.25, 0.3) is 11.5 Å². The molecule has 1 aromatic carbocycles. The summed E-state index contributed by atoms with van der Waals surface area (Å²) in [6, 6.07) is 7.70. The largest absolute Gasteiger partial charge is 0.325 e. The SMILES string of the molecule is CCC1(c2ccc(Cl)cc2)NC(=O)N(Cc2cc(=O)n3c(C)csc3n2)C1=O. The van der Waals surface area contributed by atoms with Crippen molar-refractivity contribution in [3.05, 3.63) is 68.0 Å². The van der Waals surface area contributed by atoms with E-state index in [2.05, 4.69) is 10.3 Å². The number of halogens is 1. The summed E-state index contributed by atoms with van der Waals surface area (Å²) >= 11 is 7.29. The van der Waals surface area contributed by atoms with Crippen molar-refractivity contribution in [2.45, 2.75) is 32.4 Å². The van der Waals surface area contributed by atoms with Crippen LogP contribution in [0.3, 0.4) is 0 Å². The van der Waals surface area contributed by atoms with Crippen LogP contribution in [0.15, 0.2) is 40.5 Å². The van der Waals surface area contributed by atoms with Gasteiger partial charge in [-0.25, -0.2) is 9.78 Å². The third kappa shape index (κ3) is 2.80. The third-order valence-electron chi connectivity index (χ3n) is 4.99. The van der Waals surface area contributed by atoms with Crippen LogP contribution in [0.2, 0.25) is 5.02 Å². The zero-order valence-electron chi connectivity index (χ0n) is 15.2. The molecule has 144 valence electrons. The molecule has 3 heterocycles. The van der Waals surface area contributed by atoms with E-state index in [0.717, 1.165) is 10.6 Å². The molecular formula is C19H17ClN4O3S. The summed E-state index contributed by atoms with van der Waals surface area (Å²) in [5, 5.41) is 5.20. The highest BCUT2D eigenvalue weighted by Gasteiger charge is 2.51. The first-order valence-corrected chi connectivity index (χ1v) is 9.98. The van der Waals surface area contributed by atoms with E-state index >= 15 is 0 Å². The zero-order chi connectivity index (χ0) is 20.1. The molecule has 0 saturated carbocycles. The molecule has 3 amide bonds. The summed E-state index contributed by atoms with van der Waals surface area (Å²) in [6.07, 6.45) is 0.384. The average molecular weight is 417 g/mol. The minimum atomic E-state index is -1.15. The molecule has 0 aliphatic carbocycles. The van der Waals surface area contributed by atoms with Gasteiger partial charge in [-0.05, 0) is 31.0 Å². The van der Waals surface area contributed by atoms with Gasteiger partial charge in [0.2, 0.25) is 0 Å². The first kappa shape index (κ1) is 18.6. The van der Waals surface area contributed by atoms with Gasteiger partial charge in [-0.2, -0.15) is 0 Å². The molecular weight excluding hydrogens is 400 g/mol. The van der Waals surface area contributed by atoms with Crippen LogP contribution in [-0.4, -0.2) is 26.2 Å². The number of fused-ring (bicyclic) bond motifs is 1. The molecule has 1 aliphatic rings. The summed E-state index contributed by atoms with van der Waals surface area (Å²) in [4.78, 5) is 44.3. The number of thiazole rings is 1. The Morgan fingerprint density at radius 2 is 1.93 bits per heavy atom. The van der Waals surface area contributed by atoms with E-state index in [1.165, 1.54) is 21.8 Å². The standard InChI is InChI=1S/C19H17ClN4O3S/c1-3-19(12-4-6-13(20)7-5-12)16(26)23(17(27)22-19)9-14-8-15(25)24-11(2)10-28-18(24)21-14/h4-8,10H,3,9H2,1-2H3,(H,22,27). The van der Waals surface area contributed by atoms with Gasteiger partial charge in [0.1, 0.15) is 5.54 Å². The van der Waals surface area contributed by atoms with Crippen LogP contribution in [0.25, 0.3) is 4.96 Å². The molecule has 1 fully saturated rings. The lowest BCUT2D eigenvalue weighted by Gasteiger charge is -2.25. The highest BCUT2D eigenvalue weighted by atomic mass is 35.5. The van der Waals surface area contributed by atoms with Crippen LogP contribution >= 0.6 is 22.9 Å². The summed E-state index contributed by atoms with van der Waals surface area (Å²) in [5.41, 5.74) is 0.452. The number of aromatic nitrogens is 2. The van der Waals surface area contributed by atoms with E-state index < -0.39 is 11.6 Å². The average Bonchev–Trinajstić information content (AvgIpc) is 3.16. The van der Waals surface area contributed by atoms with Crippen molar-refractivity contribution in [3.63, 3.8) is 0 Å². The zero-order valence-corrected chi connectivity index (χ0v) is 16.8. The van der Waals surface area contributed by atoms with Crippen LogP contribution in [0.5, 0.6) is 0 Å². The lowest BCUT2D eigenvalue weighted by molar-refractivity contribution is -0.132. The molecule has 1 N–H and O–H groups in total. The smallest absolute Gasteiger partial charge is 0.319 e. The van der Waals surface area contributed by atoms with Crippen LogP contribution in [-0.2, 0) is 16.9 Å². The molecule has 4 rings (SSSR count). The number of hydrogen-bond acceptors (Lipinski definition) is 5. The second-order valence-electron chi connectivity index (χ2n) is 6.67. The maximum Gasteiger partial charge on any atom is 0.325 e. The van der Waals surface area contributed by atoms with Crippen LogP contribution in [0.1, 0.15) is 30.3 Å². The fraction of sp³-hybridized carbons (Fsp3) is 0.263. The number of amides is 3. The molecule has 0 radical (unpaired) electrons. The predicted octanol–water partition coefficient (Wildman–Crippen LogP) is 3.08. The van der Waals surface area contributed by atoms with E-state index in [1.54, 1.807) is 24.3 Å². The number of aryl methyl sites for hydroxylation is 1. The minimum absolute atomic E-state index is 0.0668. The normalized spacial score (nSPS) is 19.5. The maximum absolute atomic E-state index is 13.2. The van der Waals surface area contributed by atoms with Crippen LogP contribution in [0.4, 0.5) is 4.79 Å². The van der Waals surface area contributed by atoms with Gasteiger partial charge < -0.3 is 5.32 Å². The van der Waals surface area contributed by atoms with Gasteiger partial charge in [-0.3, -0.25) is 18.9 Å². The molecule has 3 aromatic rings. The van der Waals surface area contributed by atoms with Gasteiger partial charge in [-0.1, -0.05) is 30.7 Å². The number of nitrogens with zero attached hydrogens (tertiary/aromatic N) is 3. The highest BCUT2D eigenvalue weighted by Crippen LogP contribution is 2.33. The first-order chi connectivity index (χ1) is 13.4. The van der Waals surface area contributed by atoms with E-state index in [1.807, 2.05) is 19.2 Å². The summed E-state index contributed by atoms with van der Waals surface area (Å²) in [5.74, 6) is -0.369. The van der Waals surface area contributed by atoms with Gasteiger partial charge in [0, 0.05) is 22.2 Å². The third-order valence-corrected chi connectivity index (χ3v) is 6.19. The van der Waals surface area contributed by atoms with Crippen molar-refractivity contribution < 1.29 is 9.59 Å². The lowest BCUT2D eigenvalue weighted by atomic mass is 9.87. The predicted molar refractivity (Wildman–Crippen MR) is 107 cm³/mol. The molecule has 7 nitrogen and oxygen atoms in total. The molecule has 2 aromatic heterocycles. The van der Waals surface area contributed by atoms with E-state index in [0.29, 0.717) is 27.7 Å².